The van der Waals surface area contributed by atoms with Crippen LogP contribution >= 0.6 is 0 Å². The molecule has 0 saturated heterocycles. The van der Waals surface area contributed by atoms with E-state index < -0.39 is 0 Å². The van der Waals surface area contributed by atoms with Crippen LogP contribution in [0.15, 0.2) is 400 Å². The summed E-state index contributed by atoms with van der Waals surface area (Å²) < 4.78 is 0. The summed E-state index contributed by atoms with van der Waals surface area (Å²) >= 11 is 0. The van der Waals surface area contributed by atoms with Crippen LogP contribution in [0.2, 0.25) is 0 Å². The van der Waals surface area contributed by atoms with Crippen molar-refractivity contribution in [3.63, 3.8) is 0 Å². The smallest absolute Gasteiger partial charge is 0.0546 e. The number of rotatable bonds is 13. The summed E-state index contributed by atoms with van der Waals surface area (Å²) in [6.07, 6.45) is 0. The number of anilines is 12. The summed E-state index contributed by atoms with van der Waals surface area (Å²) in [5.41, 5.74) is 15.2. The van der Waals surface area contributed by atoms with E-state index in [1.165, 1.54) is 108 Å². The van der Waals surface area contributed by atoms with Gasteiger partial charge >= 0.3 is 0 Å². The zero-order valence-electron chi connectivity index (χ0n) is 56.9. The Morgan fingerprint density at radius 1 is 0.115 bits per heavy atom. The highest BCUT2D eigenvalue weighted by molar-refractivity contribution is 6.19. The fraction of sp³-hybridized carbons (Fsp3) is 0. The Balaban J connectivity index is 0.699. The van der Waals surface area contributed by atoms with E-state index in [4.69, 9.17) is 0 Å². The lowest BCUT2D eigenvalue weighted by Crippen LogP contribution is -2.13. The zero-order valence-corrected chi connectivity index (χ0v) is 56.9. The van der Waals surface area contributed by atoms with Crippen LogP contribution < -0.4 is 19.6 Å². The van der Waals surface area contributed by atoms with Crippen LogP contribution in [0.25, 0.3) is 119 Å². The van der Waals surface area contributed by atoms with Crippen LogP contribution in [-0.4, -0.2) is 0 Å². The Morgan fingerprint density at radius 3 is 0.558 bits per heavy atom. The predicted octanol–water partition coefficient (Wildman–Crippen LogP) is 28.8. The first-order valence-electron chi connectivity index (χ1n) is 35.8. The van der Waals surface area contributed by atoms with E-state index in [0.717, 1.165) is 79.4 Å². The molecule has 4 nitrogen and oxygen atoms in total. The van der Waals surface area contributed by atoms with Gasteiger partial charge in [0.25, 0.3) is 0 Å². The van der Waals surface area contributed by atoms with Crippen LogP contribution in [0.1, 0.15) is 0 Å². The molecule has 0 saturated carbocycles. The molecule has 0 unspecified atom stereocenters. The number of nitrogens with zero attached hydrogens (tertiary/aromatic N) is 4. The number of hydrogen-bond donors (Lipinski definition) is 0. The third-order valence-electron chi connectivity index (χ3n) is 21.2. The lowest BCUT2D eigenvalue weighted by Gasteiger charge is -2.30. The molecule has 0 heterocycles. The Kier molecular flexibility index (Phi) is 14.5. The van der Waals surface area contributed by atoms with Crippen molar-refractivity contribution in [3.8, 4) is 11.1 Å². The van der Waals surface area contributed by atoms with Crippen LogP contribution in [0.5, 0.6) is 0 Å². The van der Waals surface area contributed by atoms with Crippen molar-refractivity contribution in [2.24, 2.45) is 0 Å². The number of fused-ring (bicyclic) bond motifs is 14. The molecule has 0 aliphatic carbocycles. The molecule has 4 heteroatoms. The van der Waals surface area contributed by atoms with Crippen LogP contribution in [-0.2, 0) is 0 Å². The molecule has 486 valence electrons. The maximum atomic E-state index is 2.44. The van der Waals surface area contributed by atoms with Crippen molar-refractivity contribution < 1.29 is 0 Å². The van der Waals surface area contributed by atoms with Gasteiger partial charge in [-0.3, -0.25) is 0 Å². The highest BCUT2D eigenvalue weighted by Crippen LogP contribution is 2.50. The van der Waals surface area contributed by atoms with E-state index in [1.54, 1.807) is 0 Å². The molecule has 0 atom stereocenters. The Labute approximate surface area is 603 Å². The summed E-state index contributed by atoms with van der Waals surface area (Å²) in [5, 5.41) is 24.1. The molecule has 0 aliphatic rings. The molecule has 0 aliphatic heterocycles. The minimum Gasteiger partial charge on any atom is -0.310 e. The van der Waals surface area contributed by atoms with E-state index in [-0.39, 0.29) is 0 Å². The summed E-state index contributed by atoms with van der Waals surface area (Å²) in [5.74, 6) is 0. The molecule has 0 bridgehead atoms. The van der Waals surface area contributed by atoms with Crippen LogP contribution in [0, 0.1) is 0 Å². The van der Waals surface area contributed by atoms with Gasteiger partial charge in [-0.1, -0.05) is 279 Å². The van der Waals surface area contributed by atoms with E-state index in [9.17, 15) is 0 Å². The second-order valence-electron chi connectivity index (χ2n) is 27.2. The SMILES string of the molecule is c1ccc2cc(N(c3ccc(N(c4ccc(-c5ccc(N(c6ccc(N(c7ccc8ccccc8c7)c7cc8ccccc8c8ccccc78)cc6)c6cc7ccccc7c7ccccc67)cc5)cc4)c4cc5ccccc5c5ccccc45)cc3)c3cc4ccccc4c4ccccc34)ccc2c1. The molecule has 0 fully saturated rings. The van der Waals surface area contributed by atoms with Gasteiger partial charge in [-0.25, -0.2) is 0 Å². The minimum absolute atomic E-state index is 1.05. The second-order valence-corrected chi connectivity index (χ2v) is 27.2. The maximum absolute atomic E-state index is 2.44. The Bertz CT molecular complexity index is 6330. The first kappa shape index (κ1) is 60.2. The third kappa shape index (κ3) is 10.4. The molecular formula is C100H66N4. The topological polar surface area (TPSA) is 13.0 Å². The lowest BCUT2D eigenvalue weighted by atomic mass is 9.98. The molecule has 20 aromatic carbocycles. The van der Waals surface area contributed by atoms with Crippen molar-refractivity contribution in [2.45, 2.75) is 0 Å². The zero-order chi connectivity index (χ0) is 68.6. The van der Waals surface area contributed by atoms with Gasteiger partial charge in [0.2, 0.25) is 0 Å². The highest BCUT2D eigenvalue weighted by Gasteiger charge is 2.25. The van der Waals surface area contributed by atoms with Crippen LogP contribution in [0.3, 0.4) is 0 Å². The molecule has 20 rings (SSSR count). The van der Waals surface area contributed by atoms with Gasteiger partial charge in [-0.2, -0.15) is 0 Å². The van der Waals surface area contributed by atoms with E-state index >= 15 is 0 Å². The molecule has 0 spiro atoms. The van der Waals surface area contributed by atoms with Crippen molar-refractivity contribution >= 4 is 176 Å². The molecule has 0 N–H and O–H groups in total. The fourth-order valence-electron chi connectivity index (χ4n) is 16.3. The van der Waals surface area contributed by atoms with Gasteiger partial charge < -0.3 is 19.6 Å². The minimum atomic E-state index is 1.05. The van der Waals surface area contributed by atoms with Gasteiger partial charge in [0.15, 0.2) is 0 Å². The normalized spacial score (nSPS) is 11.7. The van der Waals surface area contributed by atoms with Gasteiger partial charge in [-0.05, 0) is 219 Å². The third-order valence-corrected chi connectivity index (χ3v) is 21.2. The van der Waals surface area contributed by atoms with Crippen molar-refractivity contribution in [2.75, 3.05) is 19.6 Å². The van der Waals surface area contributed by atoms with Gasteiger partial charge in [0.1, 0.15) is 0 Å². The average molecular weight is 1320 g/mol. The fourth-order valence-corrected chi connectivity index (χ4v) is 16.3. The maximum Gasteiger partial charge on any atom is 0.0546 e. The first-order valence-corrected chi connectivity index (χ1v) is 35.8. The largest absolute Gasteiger partial charge is 0.310 e. The molecule has 0 radical (unpaired) electrons. The Hall–Kier alpha value is -13.8. The number of benzene rings is 20. The summed E-state index contributed by atoms with van der Waals surface area (Å²) in [6.45, 7) is 0. The predicted molar refractivity (Wildman–Crippen MR) is 446 cm³/mol. The van der Waals surface area contributed by atoms with E-state index in [0.29, 0.717) is 0 Å². The van der Waals surface area contributed by atoms with Crippen LogP contribution in [0.4, 0.5) is 68.2 Å². The summed E-state index contributed by atoms with van der Waals surface area (Å²) in [7, 11) is 0. The average Bonchev–Trinajstić information content (AvgIpc) is 0.732. The monoisotopic (exact) mass is 1320 g/mol. The number of hydrogen-bond acceptors (Lipinski definition) is 4. The van der Waals surface area contributed by atoms with Gasteiger partial charge in [0.05, 0.1) is 22.7 Å². The van der Waals surface area contributed by atoms with E-state index in [2.05, 4.69) is 420 Å². The lowest BCUT2D eigenvalue weighted by molar-refractivity contribution is 1.27. The second kappa shape index (κ2) is 25.1. The standard InChI is InChI=1S/C100H66N4/c1-3-23-71-61-83(51-45-67(71)21-1)103(99-65-75-27-7-11-31-87(75)91-35-15-19-39-95(91)99)81-57-53-79(54-58-81)101(97-63-73-25-5-9-29-85(73)89-33-13-17-37-93(89)97)77-47-41-69(42-48-77)70-43-49-78(50-44-70)102(98-64-74-26-6-10-30-86(74)90-34-14-18-38-94(90)98)80-55-59-82(60-56-80)104(84-52-46-68-22-2-4-24-72(68)62-84)100-66-76-28-8-12-32-88(76)92-36-16-20-40-96(92)100/h1-66H. The summed E-state index contributed by atoms with van der Waals surface area (Å²) in [6, 6.07) is 148. The summed E-state index contributed by atoms with van der Waals surface area (Å²) in [4.78, 5) is 9.77. The first-order chi connectivity index (χ1) is 51.6. The molecular weight excluding hydrogens is 1260 g/mol. The van der Waals surface area contributed by atoms with Crippen molar-refractivity contribution in [1.29, 1.82) is 0 Å². The van der Waals surface area contributed by atoms with E-state index in [1.807, 2.05) is 0 Å². The van der Waals surface area contributed by atoms with Gasteiger partial charge in [-0.15, -0.1) is 0 Å². The van der Waals surface area contributed by atoms with Crippen molar-refractivity contribution in [1.82, 2.24) is 0 Å². The molecule has 0 aromatic heterocycles. The molecule has 20 aromatic rings. The van der Waals surface area contributed by atoms with Gasteiger partial charge in [0, 0.05) is 67.0 Å². The molecule has 104 heavy (non-hydrogen) atoms. The van der Waals surface area contributed by atoms with Crippen molar-refractivity contribution in [3.05, 3.63) is 400 Å². The highest BCUT2D eigenvalue weighted by atomic mass is 15.2. The quantitative estimate of drug-likeness (QED) is 0.107. The molecule has 0 amide bonds. The Morgan fingerprint density at radius 2 is 0.298 bits per heavy atom.